The molecule has 1 aliphatic rings. The number of thiazole rings is 1. The Kier molecular flexibility index (Phi) is 7.21. The van der Waals surface area contributed by atoms with E-state index >= 15 is 0 Å². The van der Waals surface area contributed by atoms with E-state index in [4.69, 9.17) is 0 Å². The molecule has 1 N–H and O–H groups in total. The Morgan fingerprint density at radius 2 is 2.12 bits per heavy atom. The van der Waals surface area contributed by atoms with Gasteiger partial charge in [0.05, 0.1) is 11.2 Å². The first-order valence-corrected chi connectivity index (χ1v) is 10.6. The number of aromatic nitrogens is 1. The van der Waals surface area contributed by atoms with Crippen LogP contribution in [0.5, 0.6) is 0 Å². The van der Waals surface area contributed by atoms with E-state index in [-0.39, 0.29) is 5.91 Å². The summed E-state index contributed by atoms with van der Waals surface area (Å²) in [6, 6.07) is 10.1. The summed E-state index contributed by atoms with van der Waals surface area (Å²) in [6.45, 7) is 5.29. The van der Waals surface area contributed by atoms with Crippen LogP contribution < -0.4 is 5.32 Å². The Balaban J connectivity index is 1.40. The molecule has 140 valence electrons. The number of carbonyl (C=O) groups is 1. The number of carbonyl (C=O) groups excluding carboxylic acids is 1. The molecule has 1 aromatic carbocycles. The fourth-order valence-electron chi connectivity index (χ4n) is 3.69. The first-order chi connectivity index (χ1) is 12.8. The van der Waals surface area contributed by atoms with Gasteiger partial charge in [-0.25, -0.2) is 4.98 Å². The quantitative estimate of drug-likeness (QED) is 0.680. The topological polar surface area (TPSA) is 45.2 Å². The van der Waals surface area contributed by atoms with Gasteiger partial charge >= 0.3 is 0 Å². The van der Waals surface area contributed by atoms with Crippen LogP contribution >= 0.6 is 11.3 Å². The highest BCUT2D eigenvalue weighted by Gasteiger charge is 2.25. The molecule has 3 rings (SSSR count). The summed E-state index contributed by atoms with van der Waals surface area (Å²) in [5.41, 5.74) is 4.06. The minimum absolute atomic E-state index is 0.0287. The first-order valence-electron chi connectivity index (χ1n) is 9.76. The second kappa shape index (κ2) is 9.83. The molecule has 0 saturated carbocycles. The second-order valence-corrected chi connectivity index (χ2v) is 7.92. The number of benzene rings is 1. The van der Waals surface area contributed by atoms with Crippen molar-refractivity contribution in [1.29, 1.82) is 0 Å². The van der Waals surface area contributed by atoms with Crippen LogP contribution in [0.15, 0.2) is 35.8 Å². The largest absolute Gasteiger partial charge is 0.352 e. The van der Waals surface area contributed by atoms with E-state index in [9.17, 15) is 4.79 Å². The third kappa shape index (κ3) is 5.15. The average molecular weight is 372 g/mol. The molecule has 0 fully saturated rings. The van der Waals surface area contributed by atoms with Crippen LogP contribution in [0.25, 0.3) is 0 Å². The normalized spacial score (nSPS) is 16.5. The van der Waals surface area contributed by atoms with Gasteiger partial charge in [0, 0.05) is 23.0 Å². The highest BCUT2D eigenvalue weighted by atomic mass is 32.1. The average Bonchev–Trinajstić information content (AvgIpc) is 3.15. The van der Waals surface area contributed by atoms with Crippen LogP contribution in [-0.4, -0.2) is 41.5 Å². The number of hydrogen-bond acceptors (Lipinski definition) is 4. The minimum atomic E-state index is 0.0287. The van der Waals surface area contributed by atoms with Crippen LogP contribution in [0.3, 0.4) is 0 Å². The van der Waals surface area contributed by atoms with Gasteiger partial charge < -0.3 is 10.2 Å². The van der Waals surface area contributed by atoms with Crippen molar-refractivity contribution in [3.05, 3.63) is 52.0 Å². The molecule has 0 radical (unpaired) electrons. The smallest absolute Gasteiger partial charge is 0.251 e. The van der Waals surface area contributed by atoms with Crippen molar-refractivity contribution in [2.75, 3.05) is 19.6 Å². The summed E-state index contributed by atoms with van der Waals surface area (Å²) >= 11 is 1.81. The number of nitrogens with one attached hydrogen (secondary N) is 1. The molecular formula is C21H29N3OS. The van der Waals surface area contributed by atoms with Crippen molar-refractivity contribution < 1.29 is 4.79 Å². The van der Waals surface area contributed by atoms with E-state index in [1.807, 2.05) is 47.2 Å². The monoisotopic (exact) mass is 371 g/mol. The maximum absolute atomic E-state index is 12.1. The van der Waals surface area contributed by atoms with Crippen molar-refractivity contribution in [2.45, 2.75) is 51.5 Å². The molecule has 0 aliphatic heterocycles. The molecule has 26 heavy (non-hydrogen) atoms. The fraction of sp³-hybridized carbons (Fsp3) is 0.524. The molecule has 5 heteroatoms. The van der Waals surface area contributed by atoms with Crippen molar-refractivity contribution in [2.24, 2.45) is 0 Å². The highest BCUT2D eigenvalue weighted by molar-refractivity contribution is 7.09. The lowest BCUT2D eigenvalue weighted by Crippen LogP contribution is -2.40. The lowest BCUT2D eigenvalue weighted by Gasteiger charge is -2.33. The van der Waals surface area contributed by atoms with Gasteiger partial charge in [0.25, 0.3) is 5.91 Å². The Labute approximate surface area is 160 Å². The Hall–Kier alpha value is -1.72. The van der Waals surface area contributed by atoms with Crippen molar-refractivity contribution in [1.82, 2.24) is 15.2 Å². The van der Waals surface area contributed by atoms with Gasteiger partial charge in [-0.05, 0) is 63.7 Å². The maximum atomic E-state index is 12.1. The number of fused-ring (bicyclic) bond motifs is 1. The molecule has 0 bridgehead atoms. The number of rotatable bonds is 9. The third-order valence-electron chi connectivity index (χ3n) is 5.08. The predicted molar refractivity (Wildman–Crippen MR) is 108 cm³/mol. The molecule has 2 aromatic rings. The highest BCUT2D eigenvalue weighted by Crippen LogP contribution is 2.27. The van der Waals surface area contributed by atoms with Gasteiger partial charge in [0.1, 0.15) is 0 Å². The molecule has 1 unspecified atom stereocenters. The number of hydrogen-bond donors (Lipinski definition) is 1. The molecule has 0 saturated heterocycles. The van der Waals surface area contributed by atoms with Gasteiger partial charge in [-0.2, -0.15) is 0 Å². The van der Waals surface area contributed by atoms with E-state index in [2.05, 4.69) is 22.1 Å². The molecule has 1 amide bonds. The molecular weight excluding hydrogens is 342 g/mol. The molecule has 1 aromatic heterocycles. The van der Waals surface area contributed by atoms with Crippen LogP contribution in [0.4, 0.5) is 0 Å². The van der Waals surface area contributed by atoms with Crippen LogP contribution in [0.2, 0.25) is 0 Å². The Morgan fingerprint density at radius 1 is 1.27 bits per heavy atom. The summed E-state index contributed by atoms with van der Waals surface area (Å²) in [6.07, 6.45) is 6.85. The summed E-state index contributed by atoms with van der Waals surface area (Å²) in [4.78, 5) is 20.7. The second-order valence-electron chi connectivity index (χ2n) is 6.98. The zero-order valence-corrected chi connectivity index (χ0v) is 16.4. The van der Waals surface area contributed by atoms with Crippen molar-refractivity contribution in [3.63, 3.8) is 0 Å². The first kappa shape index (κ1) is 19.1. The number of aryl methyl sites for hydroxylation is 1. The summed E-state index contributed by atoms with van der Waals surface area (Å²) < 4.78 is 0. The van der Waals surface area contributed by atoms with E-state index in [1.54, 1.807) is 0 Å². The molecule has 4 nitrogen and oxygen atoms in total. The van der Waals surface area contributed by atoms with Crippen LogP contribution in [-0.2, 0) is 12.8 Å². The van der Waals surface area contributed by atoms with Gasteiger partial charge in [0.2, 0.25) is 0 Å². The fourth-order valence-corrected chi connectivity index (χ4v) is 4.58. The van der Waals surface area contributed by atoms with Gasteiger partial charge in [-0.3, -0.25) is 4.79 Å². The van der Waals surface area contributed by atoms with E-state index in [0.29, 0.717) is 6.04 Å². The standard InChI is InChI=1S/C21H29N3OS/c1-2-13-24(18-10-11-19-20(15-18)26-16-23-19)14-7-6-12-22-21(25)17-8-4-3-5-9-17/h3-5,8-9,16,18H,2,6-7,10-15H2,1H3,(H,22,25). The molecule has 1 aliphatic carbocycles. The summed E-state index contributed by atoms with van der Waals surface area (Å²) in [5, 5.41) is 3.03. The van der Waals surface area contributed by atoms with Gasteiger partial charge in [0.15, 0.2) is 0 Å². The molecule has 1 heterocycles. The Bertz CT molecular complexity index is 686. The molecule has 0 spiro atoms. The lowest BCUT2D eigenvalue weighted by molar-refractivity contribution is 0.0952. The zero-order chi connectivity index (χ0) is 18.2. The Morgan fingerprint density at radius 3 is 2.92 bits per heavy atom. The van der Waals surface area contributed by atoms with E-state index in [1.165, 1.54) is 23.4 Å². The SMILES string of the molecule is CCCN(CCCCNC(=O)c1ccccc1)C1CCc2ncsc2C1. The molecule has 1 atom stereocenters. The van der Waals surface area contributed by atoms with Crippen LogP contribution in [0, 0.1) is 0 Å². The zero-order valence-electron chi connectivity index (χ0n) is 15.6. The van der Waals surface area contributed by atoms with E-state index in [0.717, 1.165) is 50.9 Å². The van der Waals surface area contributed by atoms with Gasteiger partial charge in [-0.1, -0.05) is 25.1 Å². The third-order valence-corrected chi connectivity index (χ3v) is 5.98. The maximum Gasteiger partial charge on any atom is 0.251 e. The van der Waals surface area contributed by atoms with Gasteiger partial charge in [-0.15, -0.1) is 11.3 Å². The van der Waals surface area contributed by atoms with E-state index < -0.39 is 0 Å². The van der Waals surface area contributed by atoms with Crippen LogP contribution in [0.1, 0.15) is 53.5 Å². The minimum Gasteiger partial charge on any atom is -0.352 e. The summed E-state index contributed by atoms with van der Waals surface area (Å²) in [7, 11) is 0. The van der Waals surface area contributed by atoms with Crippen molar-refractivity contribution in [3.8, 4) is 0 Å². The summed E-state index contributed by atoms with van der Waals surface area (Å²) in [5.74, 6) is 0.0287. The predicted octanol–water partition coefficient (Wildman–Crippen LogP) is 3.92. The number of nitrogens with zero attached hydrogens (tertiary/aromatic N) is 2. The number of amides is 1. The van der Waals surface area contributed by atoms with Crippen molar-refractivity contribution >= 4 is 17.2 Å². The number of unbranched alkanes of at least 4 members (excludes halogenated alkanes) is 1. The lowest BCUT2D eigenvalue weighted by atomic mass is 9.96.